The Morgan fingerprint density at radius 2 is 2.21 bits per heavy atom. The number of rotatable bonds is 6. The maximum atomic E-state index is 4.69. The lowest BCUT2D eigenvalue weighted by Crippen LogP contribution is -2.04. The molecule has 0 bridgehead atoms. The third-order valence-electron chi connectivity index (χ3n) is 3.73. The zero-order chi connectivity index (χ0) is 16.4. The summed E-state index contributed by atoms with van der Waals surface area (Å²) >= 11 is 3.38. The fraction of sp³-hybridized carbons (Fsp3) is 0.250. The molecule has 4 aromatic heterocycles. The summed E-state index contributed by atoms with van der Waals surface area (Å²) in [6.45, 7) is 2.87. The van der Waals surface area contributed by atoms with Crippen LogP contribution >= 0.6 is 23.1 Å². The van der Waals surface area contributed by atoms with Gasteiger partial charge in [0.15, 0.2) is 0 Å². The summed E-state index contributed by atoms with van der Waals surface area (Å²) in [5.41, 5.74) is 3.21. The molecular weight excluding hydrogens is 340 g/mol. The van der Waals surface area contributed by atoms with Gasteiger partial charge < -0.3 is 4.40 Å². The van der Waals surface area contributed by atoms with Crippen molar-refractivity contribution >= 4 is 28.7 Å². The van der Waals surface area contributed by atoms with E-state index in [2.05, 4.69) is 56.6 Å². The Hall–Kier alpha value is -2.19. The SMILES string of the molecule is Cc1cccn2cc(CSc3nnnn3CCc3cccs3)nc12. The molecule has 0 aliphatic rings. The smallest absolute Gasteiger partial charge is 0.209 e. The van der Waals surface area contributed by atoms with E-state index in [1.54, 1.807) is 23.1 Å². The normalized spacial score (nSPS) is 11.4. The molecule has 0 spiro atoms. The Morgan fingerprint density at radius 3 is 3.04 bits per heavy atom. The van der Waals surface area contributed by atoms with E-state index in [1.165, 1.54) is 10.4 Å². The van der Waals surface area contributed by atoms with Gasteiger partial charge in [0, 0.05) is 29.4 Å². The molecule has 0 unspecified atom stereocenters. The minimum Gasteiger partial charge on any atom is -0.307 e. The van der Waals surface area contributed by atoms with Crippen molar-refractivity contribution in [3.05, 3.63) is 58.2 Å². The molecule has 0 aliphatic heterocycles. The number of imidazole rings is 1. The number of hydrogen-bond donors (Lipinski definition) is 0. The summed E-state index contributed by atoms with van der Waals surface area (Å²) in [6.07, 6.45) is 5.04. The molecule has 0 N–H and O–H groups in total. The summed E-state index contributed by atoms with van der Waals surface area (Å²) in [5, 5.41) is 15.0. The van der Waals surface area contributed by atoms with Gasteiger partial charge in [-0.05, 0) is 40.4 Å². The van der Waals surface area contributed by atoms with E-state index < -0.39 is 0 Å². The quantitative estimate of drug-likeness (QED) is 0.496. The highest BCUT2D eigenvalue weighted by Gasteiger charge is 2.10. The van der Waals surface area contributed by atoms with Gasteiger partial charge in [0.2, 0.25) is 5.16 Å². The minimum atomic E-state index is 0.750. The first kappa shape index (κ1) is 15.3. The maximum absolute atomic E-state index is 4.69. The largest absolute Gasteiger partial charge is 0.307 e. The number of fused-ring (bicyclic) bond motifs is 1. The van der Waals surface area contributed by atoms with E-state index in [0.717, 1.165) is 35.2 Å². The second-order valence-electron chi connectivity index (χ2n) is 5.46. The van der Waals surface area contributed by atoms with Crippen molar-refractivity contribution in [3.8, 4) is 0 Å². The van der Waals surface area contributed by atoms with Crippen LogP contribution in [0.4, 0.5) is 0 Å². The average Bonchev–Trinajstić information content (AvgIpc) is 3.31. The van der Waals surface area contributed by atoms with Crippen LogP contribution < -0.4 is 0 Å². The zero-order valence-corrected chi connectivity index (χ0v) is 14.8. The Labute approximate surface area is 147 Å². The van der Waals surface area contributed by atoms with Gasteiger partial charge in [0.1, 0.15) is 5.65 Å². The van der Waals surface area contributed by atoms with Gasteiger partial charge in [-0.3, -0.25) is 0 Å². The lowest BCUT2D eigenvalue weighted by atomic mass is 10.3. The molecule has 24 heavy (non-hydrogen) atoms. The van der Waals surface area contributed by atoms with Crippen molar-refractivity contribution in [2.75, 3.05) is 0 Å². The second-order valence-corrected chi connectivity index (χ2v) is 7.43. The first-order chi connectivity index (χ1) is 11.8. The van der Waals surface area contributed by atoms with E-state index in [0.29, 0.717) is 0 Å². The third-order valence-corrected chi connectivity index (χ3v) is 5.65. The Balaban J connectivity index is 1.43. The van der Waals surface area contributed by atoms with Crippen LogP contribution in [0.1, 0.15) is 16.1 Å². The molecule has 6 nitrogen and oxygen atoms in total. The summed E-state index contributed by atoms with van der Waals surface area (Å²) in [6, 6.07) is 8.32. The Morgan fingerprint density at radius 1 is 1.25 bits per heavy atom. The van der Waals surface area contributed by atoms with Gasteiger partial charge in [-0.15, -0.1) is 16.4 Å². The fourth-order valence-corrected chi connectivity index (χ4v) is 4.01. The molecule has 0 atom stereocenters. The van der Waals surface area contributed by atoms with Crippen molar-refractivity contribution in [1.82, 2.24) is 29.6 Å². The number of aromatic nitrogens is 6. The van der Waals surface area contributed by atoms with E-state index in [1.807, 2.05) is 16.9 Å². The molecular formula is C16H16N6S2. The van der Waals surface area contributed by atoms with Gasteiger partial charge in [-0.1, -0.05) is 23.9 Å². The van der Waals surface area contributed by atoms with Crippen molar-refractivity contribution < 1.29 is 0 Å². The van der Waals surface area contributed by atoms with Gasteiger partial charge in [-0.25, -0.2) is 9.67 Å². The maximum Gasteiger partial charge on any atom is 0.209 e. The molecule has 4 rings (SSSR count). The van der Waals surface area contributed by atoms with Crippen LogP contribution in [0.15, 0.2) is 47.2 Å². The van der Waals surface area contributed by atoms with Crippen LogP contribution in [0.25, 0.3) is 5.65 Å². The lowest BCUT2D eigenvalue weighted by Gasteiger charge is -2.02. The average molecular weight is 356 g/mol. The van der Waals surface area contributed by atoms with Gasteiger partial charge in [0.25, 0.3) is 0 Å². The van der Waals surface area contributed by atoms with Crippen LogP contribution in [0.5, 0.6) is 0 Å². The molecule has 4 aromatic rings. The lowest BCUT2D eigenvalue weighted by molar-refractivity contribution is 0.550. The molecule has 0 amide bonds. The highest BCUT2D eigenvalue weighted by molar-refractivity contribution is 7.98. The predicted octanol–water partition coefficient (Wildman–Crippen LogP) is 3.23. The highest BCUT2D eigenvalue weighted by atomic mass is 32.2. The number of pyridine rings is 1. The van der Waals surface area contributed by atoms with Gasteiger partial charge in [0.05, 0.1) is 12.2 Å². The van der Waals surface area contributed by atoms with Gasteiger partial charge in [-0.2, -0.15) is 0 Å². The van der Waals surface area contributed by atoms with Crippen LogP contribution in [0, 0.1) is 6.92 Å². The van der Waals surface area contributed by atoms with Crippen LogP contribution in [-0.4, -0.2) is 29.6 Å². The number of aryl methyl sites for hydroxylation is 3. The number of thiophene rings is 1. The van der Waals surface area contributed by atoms with E-state index in [-0.39, 0.29) is 0 Å². The topological polar surface area (TPSA) is 60.9 Å². The van der Waals surface area contributed by atoms with Crippen LogP contribution in [0.3, 0.4) is 0 Å². The molecule has 0 saturated carbocycles. The van der Waals surface area contributed by atoms with E-state index >= 15 is 0 Å². The molecule has 0 fully saturated rings. The number of nitrogens with zero attached hydrogens (tertiary/aromatic N) is 6. The Kier molecular flexibility index (Phi) is 4.31. The summed E-state index contributed by atoms with van der Waals surface area (Å²) in [4.78, 5) is 6.04. The van der Waals surface area contributed by atoms with Crippen molar-refractivity contribution in [2.45, 2.75) is 30.8 Å². The molecule has 8 heteroatoms. The van der Waals surface area contributed by atoms with Gasteiger partial charge >= 0.3 is 0 Å². The zero-order valence-electron chi connectivity index (χ0n) is 13.2. The molecule has 0 aliphatic carbocycles. The first-order valence-corrected chi connectivity index (χ1v) is 9.51. The summed E-state index contributed by atoms with van der Waals surface area (Å²) in [7, 11) is 0. The number of thioether (sulfide) groups is 1. The van der Waals surface area contributed by atoms with Crippen molar-refractivity contribution in [3.63, 3.8) is 0 Å². The standard InChI is InChI=1S/C16H16N6S2/c1-12-4-2-7-21-10-13(17-15(12)21)11-24-16-18-19-20-22(16)8-6-14-5-3-9-23-14/h2-5,7,9-10H,6,8,11H2,1H3. The number of tetrazole rings is 1. The minimum absolute atomic E-state index is 0.750. The van der Waals surface area contributed by atoms with E-state index in [9.17, 15) is 0 Å². The fourth-order valence-electron chi connectivity index (χ4n) is 2.52. The first-order valence-electron chi connectivity index (χ1n) is 7.64. The van der Waals surface area contributed by atoms with Crippen molar-refractivity contribution in [2.24, 2.45) is 0 Å². The third kappa shape index (κ3) is 3.20. The second kappa shape index (κ2) is 6.74. The Bertz CT molecular complexity index is 941. The molecule has 0 radical (unpaired) electrons. The molecule has 4 heterocycles. The molecule has 0 aromatic carbocycles. The van der Waals surface area contributed by atoms with Crippen LogP contribution in [0.2, 0.25) is 0 Å². The summed E-state index contributed by atoms with van der Waals surface area (Å²) < 4.78 is 3.93. The number of hydrogen-bond acceptors (Lipinski definition) is 6. The van der Waals surface area contributed by atoms with Crippen LogP contribution in [-0.2, 0) is 18.7 Å². The van der Waals surface area contributed by atoms with E-state index in [4.69, 9.17) is 4.98 Å². The molecule has 0 saturated heterocycles. The monoisotopic (exact) mass is 356 g/mol. The summed E-state index contributed by atoms with van der Waals surface area (Å²) in [5.74, 6) is 0.750. The highest BCUT2D eigenvalue weighted by Crippen LogP contribution is 2.21. The van der Waals surface area contributed by atoms with Crippen molar-refractivity contribution in [1.29, 1.82) is 0 Å². The molecule has 122 valence electrons. The predicted molar refractivity (Wildman–Crippen MR) is 95.3 cm³/mol.